The number of alkyl halides is 3. The van der Waals surface area contributed by atoms with E-state index in [1.54, 1.807) is 0 Å². The Hall–Kier alpha value is -3.50. The molecule has 0 radical (unpaired) electrons. The SMILES string of the molecule is O=C(Nc1cccc(C(F)(F)F)c1)Nc1cc(F)ccc1-c1nn[nH]n1. The lowest BCUT2D eigenvalue weighted by molar-refractivity contribution is -0.137. The van der Waals surface area contributed by atoms with Crippen LogP contribution in [0.1, 0.15) is 5.56 Å². The maximum Gasteiger partial charge on any atom is 0.416 e. The van der Waals surface area contributed by atoms with Crippen molar-refractivity contribution in [3.8, 4) is 11.4 Å². The van der Waals surface area contributed by atoms with Crippen LogP contribution in [-0.2, 0) is 6.18 Å². The topological polar surface area (TPSA) is 95.6 Å². The molecule has 0 atom stereocenters. The van der Waals surface area contributed by atoms with Crippen LogP contribution in [0.3, 0.4) is 0 Å². The van der Waals surface area contributed by atoms with Crippen molar-refractivity contribution in [1.82, 2.24) is 20.6 Å². The number of anilines is 2. The number of urea groups is 1. The van der Waals surface area contributed by atoms with Crippen LogP contribution in [0.25, 0.3) is 11.4 Å². The van der Waals surface area contributed by atoms with Gasteiger partial charge in [-0.25, -0.2) is 9.18 Å². The monoisotopic (exact) mass is 366 g/mol. The van der Waals surface area contributed by atoms with Crippen LogP contribution in [0.4, 0.5) is 33.7 Å². The van der Waals surface area contributed by atoms with Crippen LogP contribution in [0.15, 0.2) is 42.5 Å². The third-order valence-electron chi connectivity index (χ3n) is 3.26. The Morgan fingerprint density at radius 3 is 2.58 bits per heavy atom. The number of halogens is 4. The van der Waals surface area contributed by atoms with Crippen LogP contribution in [-0.4, -0.2) is 26.7 Å². The molecule has 0 saturated carbocycles. The molecule has 2 amide bonds. The number of tetrazole rings is 1. The number of H-pyrrole nitrogens is 1. The summed E-state index contributed by atoms with van der Waals surface area (Å²) in [6, 6.07) is 6.75. The van der Waals surface area contributed by atoms with Crippen LogP contribution in [0, 0.1) is 5.82 Å². The predicted octanol–water partition coefficient (Wildman–Crippen LogP) is 3.67. The number of carbonyl (C=O) groups excluding carboxylic acids is 1. The molecule has 3 N–H and O–H groups in total. The van der Waals surface area contributed by atoms with Crippen molar-refractivity contribution < 1.29 is 22.4 Å². The van der Waals surface area contributed by atoms with E-state index >= 15 is 0 Å². The molecule has 134 valence electrons. The minimum absolute atomic E-state index is 0.0240. The van der Waals surface area contributed by atoms with E-state index in [0.717, 1.165) is 30.3 Å². The molecular formula is C15H10F4N6O. The quantitative estimate of drug-likeness (QED) is 0.617. The number of benzene rings is 2. The first-order valence-corrected chi connectivity index (χ1v) is 7.11. The molecule has 0 aliphatic heterocycles. The molecule has 0 aliphatic carbocycles. The van der Waals surface area contributed by atoms with Crippen molar-refractivity contribution in [1.29, 1.82) is 0 Å². The minimum atomic E-state index is -4.54. The van der Waals surface area contributed by atoms with Gasteiger partial charge in [-0.15, -0.1) is 10.2 Å². The van der Waals surface area contributed by atoms with Crippen LogP contribution < -0.4 is 10.6 Å². The van der Waals surface area contributed by atoms with Gasteiger partial charge in [0, 0.05) is 11.3 Å². The smallest absolute Gasteiger partial charge is 0.308 e. The molecular weight excluding hydrogens is 356 g/mol. The highest BCUT2D eigenvalue weighted by molar-refractivity contribution is 6.02. The van der Waals surface area contributed by atoms with Gasteiger partial charge in [-0.2, -0.15) is 18.4 Å². The third-order valence-corrected chi connectivity index (χ3v) is 3.26. The van der Waals surface area contributed by atoms with Gasteiger partial charge in [0.1, 0.15) is 5.82 Å². The average molecular weight is 366 g/mol. The zero-order valence-electron chi connectivity index (χ0n) is 12.8. The highest BCUT2D eigenvalue weighted by Gasteiger charge is 2.30. The zero-order chi connectivity index (χ0) is 18.7. The number of nitrogens with one attached hydrogen (secondary N) is 3. The van der Waals surface area contributed by atoms with Crippen molar-refractivity contribution in [3.05, 3.63) is 53.8 Å². The van der Waals surface area contributed by atoms with E-state index in [4.69, 9.17) is 0 Å². The Bertz CT molecular complexity index is 926. The van der Waals surface area contributed by atoms with Gasteiger partial charge in [0.25, 0.3) is 0 Å². The molecule has 1 heterocycles. The first-order chi connectivity index (χ1) is 12.3. The minimum Gasteiger partial charge on any atom is -0.308 e. The second kappa shape index (κ2) is 6.78. The standard InChI is InChI=1S/C15H10F4N6O/c16-9-4-5-11(13-22-24-25-23-13)12(7-9)21-14(26)20-10-3-1-2-8(6-10)15(17,18)19/h1-7H,(H2,20,21,26)(H,22,23,24,25). The summed E-state index contributed by atoms with van der Waals surface area (Å²) in [5, 5.41) is 17.7. The fourth-order valence-corrected chi connectivity index (χ4v) is 2.15. The Morgan fingerprint density at radius 1 is 1.08 bits per heavy atom. The number of aromatic nitrogens is 4. The molecule has 1 aromatic heterocycles. The Balaban J connectivity index is 1.80. The van der Waals surface area contributed by atoms with Crippen LogP contribution in [0.5, 0.6) is 0 Å². The maximum absolute atomic E-state index is 13.5. The third kappa shape index (κ3) is 3.94. The molecule has 3 rings (SSSR count). The van der Waals surface area contributed by atoms with Crippen molar-refractivity contribution in [3.63, 3.8) is 0 Å². The largest absolute Gasteiger partial charge is 0.416 e. The average Bonchev–Trinajstić information content (AvgIpc) is 3.08. The zero-order valence-corrected chi connectivity index (χ0v) is 12.8. The van der Waals surface area contributed by atoms with E-state index in [9.17, 15) is 22.4 Å². The molecule has 0 fully saturated rings. The number of hydrogen-bond acceptors (Lipinski definition) is 4. The van der Waals surface area contributed by atoms with Crippen molar-refractivity contribution in [2.45, 2.75) is 6.18 Å². The summed E-state index contributed by atoms with van der Waals surface area (Å²) >= 11 is 0. The number of nitrogens with zero attached hydrogens (tertiary/aromatic N) is 3. The fourth-order valence-electron chi connectivity index (χ4n) is 2.15. The lowest BCUT2D eigenvalue weighted by Gasteiger charge is -2.12. The van der Waals surface area contributed by atoms with Gasteiger partial charge < -0.3 is 10.6 Å². The van der Waals surface area contributed by atoms with Gasteiger partial charge >= 0.3 is 12.2 Å². The summed E-state index contributed by atoms with van der Waals surface area (Å²) < 4.78 is 51.6. The number of carbonyl (C=O) groups is 1. The number of amides is 2. The summed E-state index contributed by atoms with van der Waals surface area (Å²) in [4.78, 5) is 12.1. The second-order valence-corrected chi connectivity index (χ2v) is 5.08. The Labute approximate surface area is 143 Å². The van der Waals surface area contributed by atoms with Crippen molar-refractivity contribution in [2.24, 2.45) is 0 Å². The van der Waals surface area contributed by atoms with Crippen molar-refractivity contribution >= 4 is 17.4 Å². The molecule has 26 heavy (non-hydrogen) atoms. The first kappa shape index (κ1) is 17.3. The summed E-state index contributed by atoms with van der Waals surface area (Å²) in [7, 11) is 0. The lowest BCUT2D eigenvalue weighted by Crippen LogP contribution is -2.20. The van der Waals surface area contributed by atoms with Gasteiger partial charge in [-0.1, -0.05) is 6.07 Å². The normalized spacial score (nSPS) is 11.2. The van der Waals surface area contributed by atoms with E-state index in [2.05, 4.69) is 31.3 Å². The van der Waals surface area contributed by atoms with Gasteiger partial charge in [-0.05, 0) is 41.6 Å². The fraction of sp³-hybridized carbons (Fsp3) is 0.0667. The molecule has 2 aromatic carbocycles. The second-order valence-electron chi connectivity index (χ2n) is 5.08. The van der Waals surface area contributed by atoms with Crippen LogP contribution in [0.2, 0.25) is 0 Å². The number of hydrogen-bond donors (Lipinski definition) is 3. The molecule has 7 nitrogen and oxygen atoms in total. The summed E-state index contributed by atoms with van der Waals surface area (Å²) in [5.41, 5.74) is -0.682. The first-order valence-electron chi connectivity index (χ1n) is 7.11. The van der Waals surface area contributed by atoms with E-state index in [0.29, 0.717) is 0 Å². The number of rotatable bonds is 3. The molecule has 11 heteroatoms. The van der Waals surface area contributed by atoms with E-state index in [1.807, 2.05) is 0 Å². The van der Waals surface area contributed by atoms with Gasteiger partial charge in [0.05, 0.1) is 11.3 Å². The molecule has 0 saturated heterocycles. The van der Waals surface area contributed by atoms with E-state index in [1.165, 1.54) is 12.1 Å². The van der Waals surface area contributed by atoms with E-state index < -0.39 is 23.6 Å². The molecule has 3 aromatic rings. The van der Waals surface area contributed by atoms with Crippen molar-refractivity contribution in [2.75, 3.05) is 10.6 Å². The highest BCUT2D eigenvalue weighted by Crippen LogP contribution is 2.31. The molecule has 0 spiro atoms. The number of aromatic amines is 1. The highest BCUT2D eigenvalue weighted by atomic mass is 19.4. The Morgan fingerprint density at radius 2 is 1.88 bits per heavy atom. The van der Waals surface area contributed by atoms with Gasteiger partial charge in [-0.3, -0.25) is 0 Å². The van der Waals surface area contributed by atoms with Gasteiger partial charge in [0.2, 0.25) is 5.82 Å². The molecule has 0 aliphatic rings. The Kier molecular flexibility index (Phi) is 4.52. The summed E-state index contributed by atoms with van der Waals surface area (Å²) in [5.74, 6) is -0.522. The van der Waals surface area contributed by atoms with Gasteiger partial charge in [0.15, 0.2) is 0 Å². The molecule has 0 unspecified atom stereocenters. The van der Waals surface area contributed by atoms with E-state index in [-0.39, 0.29) is 22.8 Å². The maximum atomic E-state index is 13.5. The predicted molar refractivity (Wildman–Crippen MR) is 83.7 cm³/mol. The molecule has 0 bridgehead atoms. The summed E-state index contributed by atoms with van der Waals surface area (Å²) in [6.45, 7) is 0. The lowest BCUT2D eigenvalue weighted by atomic mass is 10.1. The summed E-state index contributed by atoms with van der Waals surface area (Å²) in [6.07, 6.45) is -4.54. The van der Waals surface area contributed by atoms with Crippen LogP contribution >= 0.6 is 0 Å².